The Hall–Kier alpha value is -2.70. The Labute approximate surface area is 133 Å². The third kappa shape index (κ3) is 3.56. The third-order valence-corrected chi connectivity index (χ3v) is 3.63. The van der Waals surface area contributed by atoms with Crippen molar-refractivity contribution in [2.24, 2.45) is 5.92 Å². The van der Waals surface area contributed by atoms with Crippen LogP contribution >= 0.6 is 0 Å². The highest BCUT2D eigenvalue weighted by atomic mass is 16.5. The number of nitrogens with zero attached hydrogens (tertiary/aromatic N) is 1. The van der Waals surface area contributed by atoms with E-state index in [1.54, 1.807) is 12.1 Å². The van der Waals surface area contributed by atoms with Crippen LogP contribution < -0.4 is 0 Å². The van der Waals surface area contributed by atoms with Crippen LogP contribution in [0.15, 0.2) is 30.3 Å². The zero-order valence-corrected chi connectivity index (χ0v) is 12.9. The first-order valence-electron chi connectivity index (χ1n) is 7.06. The minimum Gasteiger partial charge on any atom is -0.467 e. The van der Waals surface area contributed by atoms with Gasteiger partial charge in [-0.3, -0.25) is 19.3 Å². The summed E-state index contributed by atoms with van der Waals surface area (Å²) >= 11 is 0. The molecular formula is C16H17NO6. The van der Waals surface area contributed by atoms with Gasteiger partial charge < -0.3 is 9.47 Å². The molecule has 0 aromatic heterocycles. The molecule has 0 N–H and O–H groups in total. The number of hydrogen-bond acceptors (Lipinski definition) is 6. The molecule has 2 atom stereocenters. The molecule has 0 unspecified atom stereocenters. The van der Waals surface area contributed by atoms with Crippen LogP contribution in [0.4, 0.5) is 0 Å². The molecule has 1 aromatic carbocycles. The number of ether oxygens (including phenoxy) is 2. The van der Waals surface area contributed by atoms with Gasteiger partial charge in [0.25, 0.3) is 0 Å². The molecule has 1 saturated heterocycles. The van der Waals surface area contributed by atoms with Crippen molar-refractivity contribution in [1.82, 2.24) is 4.90 Å². The normalized spacial score (nSPS) is 19.7. The molecule has 2 amide bonds. The number of methoxy groups -OCH3 is 1. The number of esters is 2. The quantitative estimate of drug-likeness (QED) is 0.585. The van der Waals surface area contributed by atoms with E-state index in [0.717, 1.165) is 17.6 Å². The van der Waals surface area contributed by atoms with Crippen LogP contribution in [-0.2, 0) is 35.3 Å². The molecule has 0 bridgehead atoms. The van der Waals surface area contributed by atoms with Crippen molar-refractivity contribution in [3.05, 3.63) is 35.9 Å². The lowest BCUT2D eigenvalue weighted by molar-refractivity contribution is -0.180. The predicted molar refractivity (Wildman–Crippen MR) is 77.7 cm³/mol. The summed E-state index contributed by atoms with van der Waals surface area (Å²) < 4.78 is 9.68. The monoisotopic (exact) mass is 319 g/mol. The molecule has 122 valence electrons. The predicted octanol–water partition coefficient (Wildman–Crippen LogP) is 0.666. The summed E-state index contributed by atoms with van der Waals surface area (Å²) in [6.45, 7) is 1.26. The summed E-state index contributed by atoms with van der Waals surface area (Å²) in [6.07, 6.45) is -0.269. The summed E-state index contributed by atoms with van der Waals surface area (Å²) in [4.78, 5) is 47.7. The first kappa shape index (κ1) is 16.7. The van der Waals surface area contributed by atoms with Crippen LogP contribution in [0, 0.1) is 5.92 Å². The van der Waals surface area contributed by atoms with Crippen molar-refractivity contribution in [2.75, 3.05) is 7.11 Å². The van der Waals surface area contributed by atoms with Crippen molar-refractivity contribution >= 4 is 23.8 Å². The third-order valence-electron chi connectivity index (χ3n) is 3.63. The molecule has 7 nitrogen and oxygen atoms in total. The van der Waals surface area contributed by atoms with Gasteiger partial charge in [-0.1, -0.05) is 30.3 Å². The van der Waals surface area contributed by atoms with Crippen LogP contribution in [-0.4, -0.2) is 41.8 Å². The number of rotatable bonds is 5. The summed E-state index contributed by atoms with van der Waals surface area (Å²) in [6, 6.07) is 8.02. The van der Waals surface area contributed by atoms with Gasteiger partial charge in [0.15, 0.2) is 0 Å². The fourth-order valence-electron chi connectivity index (χ4n) is 2.47. The molecule has 1 heterocycles. The number of carbonyl (C=O) groups excluding carboxylic acids is 4. The molecule has 0 spiro atoms. The van der Waals surface area contributed by atoms with Crippen molar-refractivity contribution in [2.45, 2.75) is 26.0 Å². The SMILES string of the molecule is COC(=O)[C@H]1[C@@H](CC(=O)OCc2ccccc2)C(=O)N1C(C)=O. The summed E-state index contributed by atoms with van der Waals surface area (Å²) in [5, 5.41) is 0. The Bertz CT molecular complexity index is 627. The topological polar surface area (TPSA) is 90.0 Å². The number of carbonyl (C=O) groups is 4. The van der Waals surface area contributed by atoms with Gasteiger partial charge in [0, 0.05) is 6.92 Å². The van der Waals surface area contributed by atoms with E-state index < -0.39 is 35.7 Å². The molecule has 1 aromatic rings. The van der Waals surface area contributed by atoms with E-state index in [1.807, 2.05) is 18.2 Å². The summed E-state index contributed by atoms with van der Waals surface area (Å²) in [5.41, 5.74) is 0.815. The van der Waals surface area contributed by atoms with Gasteiger partial charge in [-0.15, -0.1) is 0 Å². The van der Waals surface area contributed by atoms with E-state index in [0.29, 0.717) is 0 Å². The van der Waals surface area contributed by atoms with Gasteiger partial charge >= 0.3 is 11.9 Å². The number of likely N-dealkylation sites (tertiary alicyclic amines) is 1. The highest BCUT2D eigenvalue weighted by molar-refractivity contribution is 6.08. The van der Waals surface area contributed by atoms with Gasteiger partial charge in [-0.25, -0.2) is 4.79 Å². The fraction of sp³-hybridized carbons (Fsp3) is 0.375. The molecule has 1 fully saturated rings. The Morgan fingerprint density at radius 2 is 1.83 bits per heavy atom. The van der Waals surface area contributed by atoms with Gasteiger partial charge in [0.1, 0.15) is 12.6 Å². The number of amides is 2. The van der Waals surface area contributed by atoms with E-state index in [4.69, 9.17) is 4.74 Å². The number of β-lactam (4-membered cyclic amide) rings is 1. The second-order valence-electron chi connectivity index (χ2n) is 5.15. The Kier molecular flexibility index (Phi) is 5.10. The van der Waals surface area contributed by atoms with E-state index in [1.165, 1.54) is 6.92 Å². The number of benzene rings is 1. The molecule has 1 aliphatic heterocycles. The van der Waals surface area contributed by atoms with Crippen LogP contribution in [0.2, 0.25) is 0 Å². The largest absolute Gasteiger partial charge is 0.467 e. The van der Waals surface area contributed by atoms with Gasteiger partial charge in [0.2, 0.25) is 11.8 Å². The van der Waals surface area contributed by atoms with Crippen LogP contribution in [0.5, 0.6) is 0 Å². The molecule has 0 radical (unpaired) electrons. The zero-order chi connectivity index (χ0) is 17.0. The van der Waals surface area contributed by atoms with E-state index in [-0.39, 0.29) is 13.0 Å². The maximum atomic E-state index is 11.9. The van der Waals surface area contributed by atoms with Crippen molar-refractivity contribution < 1.29 is 28.7 Å². The zero-order valence-electron chi connectivity index (χ0n) is 12.9. The Morgan fingerprint density at radius 1 is 1.17 bits per heavy atom. The lowest BCUT2D eigenvalue weighted by Gasteiger charge is -2.42. The second kappa shape index (κ2) is 7.04. The van der Waals surface area contributed by atoms with E-state index in [2.05, 4.69) is 4.74 Å². The maximum Gasteiger partial charge on any atom is 0.329 e. The minimum absolute atomic E-state index is 0.0832. The van der Waals surface area contributed by atoms with Crippen molar-refractivity contribution in [3.8, 4) is 0 Å². The van der Waals surface area contributed by atoms with Crippen LogP contribution in [0.3, 0.4) is 0 Å². The first-order chi connectivity index (χ1) is 11.0. The Balaban J connectivity index is 1.95. The summed E-state index contributed by atoms with van der Waals surface area (Å²) in [5.74, 6) is -3.37. The molecule has 23 heavy (non-hydrogen) atoms. The van der Waals surface area contributed by atoms with E-state index >= 15 is 0 Å². The Morgan fingerprint density at radius 3 is 2.39 bits per heavy atom. The molecule has 7 heteroatoms. The lowest BCUT2D eigenvalue weighted by atomic mass is 9.84. The second-order valence-corrected chi connectivity index (χ2v) is 5.15. The van der Waals surface area contributed by atoms with Crippen LogP contribution in [0.25, 0.3) is 0 Å². The molecule has 0 aliphatic carbocycles. The van der Waals surface area contributed by atoms with E-state index in [9.17, 15) is 19.2 Å². The average Bonchev–Trinajstić information content (AvgIpc) is 2.55. The van der Waals surface area contributed by atoms with Crippen LogP contribution in [0.1, 0.15) is 18.9 Å². The first-order valence-corrected chi connectivity index (χ1v) is 7.06. The molecule has 1 aliphatic rings. The molecule has 2 rings (SSSR count). The smallest absolute Gasteiger partial charge is 0.329 e. The van der Waals surface area contributed by atoms with Gasteiger partial charge in [-0.05, 0) is 5.56 Å². The minimum atomic E-state index is -1.06. The average molecular weight is 319 g/mol. The lowest BCUT2D eigenvalue weighted by Crippen LogP contribution is -2.66. The molecule has 0 saturated carbocycles. The standard InChI is InChI=1S/C16H17NO6/c1-10(18)17-14(16(21)22-2)12(15(17)20)8-13(19)23-9-11-6-4-3-5-7-11/h3-7,12,14H,8-9H2,1-2H3/t12-,14-/m1/s1. The number of imide groups is 1. The highest BCUT2D eigenvalue weighted by Crippen LogP contribution is 2.31. The van der Waals surface area contributed by atoms with Gasteiger partial charge in [0.05, 0.1) is 19.4 Å². The molecular weight excluding hydrogens is 302 g/mol. The fourth-order valence-corrected chi connectivity index (χ4v) is 2.47. The van der Waals surface area contributed by atoms with Crippen molar-refractivity contribution in [3.63, 3.8) is 0 Å². The highest BCUT2D eigenvalue weighted by Gasteiger charge is 2.55. The maximum absolute atomic E-state index is 11.9. The van der Waals surface area contributed by atoms with Gasteiger partial charge in [-0.2, -0.15) is 0 Å². The summed E-state index contributed by atoms with van der Waals surface area (Å²) in [7, 11) is 1.16. The number of hydrogen-bond donors (Lipinski definition) is 0. The van der Waals surface area contributed by atoms with Crippen molar-refractivity contribution in [1.29, 1.82) is 0 Å².